The summed E-state index contributed by atoms with van der Waals surface area (Å²) in [7, 11) is 0. The second kappa shape index (κ2) is 7.18. The lowest BCUT2D eigenvalue weighted by molar-refractivity contribution is -0.143. The molecule has 1 aromatic heterocycles. The highest BCUT2D eigenvalue weighted by molar-refractivity contribution is 5.54. The fraction of sp³-hybridized carbons (Fsp3) is 0.278. The van der Waals surface area contributed by atoms with E-state index >= 15 is 0 Å². The van der Waals surface area contributed by atoms with E-state index in [1.165, 1.54) is 0 Å². The number of nitrogens with zero attached hydrogens (tertiary/aromatic N) is 4. The van der Waals surface area contributed by atoms with Crippen LogP contribution < -0.4 is 11.4 Å². The second-order valence-electron chi connectivity index (χ2n) is 6.74. The Labute approximate surface area is 165 Å². The van der Waals surface area contributed by atoms with Gasteiger partial charge in [0.1, 0.15) is 0 Å². The van der Waals surface area contributed by atoms with Gasteiger partial charge < -0.3 is 5.73 Å². The minimum Gasteiger partial charge on any atom is -0.398 e. The molecule has 160 valence electrons. The SMILES string of the molecule is Cc1cc(Cn2nnn(-c3cc(C(F)(F)F)cc(C(F)(F)F)c3)c2=O)cc(C)c1N. The third-order valence-electron chi connectivity index (χ3n) is 4.44. The molecule has 12 heteroatoms. The molecule has 30 heavy (non-hydrogen) atoms. The van der Waals surface area contributed by atoms with Crippen molar-refractivity contribution in [3.05, 3.63) is 68.6 Å². The van der Waals surface area contributed by atoms with Gasteiger partial charge in [-0.2, -0.15) is 35.7 Å². The van der Waals surface area contributed by atoms with E-state index in [0.717, 1.165) is 15.8 Å². The van der Waals surface area contributed by atoms with Gasteiger partial charge in [-0.3, -0.25) is 0 Å². The van der Waals surface area contributed by atoms with Crippen LogP contribution in [0.4, 0.5) is 32.0 Å². The van der Waals surface area contributed by atoms with Crippen LogP contribution in [0.25, 0.3) is 5.69 Å². The zero-order chi connectivity index (χ0) is 22.4. The highest BCUT2D eigenvalue weighted by Crippen LogP contribution is 2.36. The first kappa shape index (κ1) is 21.4. The monoisotopic (exact) mass is 431 g/mol. The largest absolute Gasteiger partial charge is 0.416 e. The van der Waals surface area contributed by atoms with Gasteiger partial charge in [0.15, 0.2) is 0 Å². The Morgan fingerprint density at radius 1 is 0.867 bits per heavy atom. The van der Waals surface area contributed by atoms with Crippen LogP contribution in [-0.4, -0.2) is 19.8 Å². The normalized spacial score (nSPS) is 12.4. The Balaban J connectivity index is 2.06. The van der Waals surface area contributed by atoms with Crippen molar-refractivity contribution in [3.8, 4) is 5.69 Å². The van der Waals surface area contributed by atoms with Crippen molar-refractivity contribution in [2.75, 3.05) is 5.73 Å². The Morgan fingerprint density at radius 2 is 1.37 bits per heavy atom. The third kappa shape index (κ3) is 4.16. The standard InChI is InChI=1S/C18H15F6N5O/c1-9-3-11(4-10(2)15(9)25)8-28-16(30)29(27-26-28)14-6-12(17(19,20)21)5-13(7-14)18(22,23)24/h3-7H,8,25H2,1-2H3. The smallest absolute Gasteiger partial charge is 0.398 e. The first-order chi connectivity index (χ1) is 13.8. The molecule has 0 aliphatic carbocycles. The summed E-state index contributed by atoms with van der Waals surface area (Å²) in [6.45, 7) is 3.42. The maximum Gasteiger partial charge on any atom is 0.416 e. The molecular weight excluding hydrogens is 416 g/mol. The quantitative estimate of drug-likeness (QED) is 0.507. The third-order valence-corrected chi connectivity index (χ3v) is 4.44. The molecule has 3 aromatic rings. The molecular formula is C18H15F6N5O. The summed E-state index contributed by atoms with van der Waals surface area (Å²) < 4.78 is 79.5. The summed E-state index contributed by atoms with van der Waals surface area (Å²) in [5.74, 6) is 0. The number of anilines is 1. The fourth-order valence-corrected chi connectivity index (χ4v) is 2.92. The number of aromatic nitrogens is 4. The zero-order valence-electron chi connectivity index (χ0n) is 15.6. The molecule has 0 bridgehead atoms. The molecule has 0 radical (unpaired) electrons. The van der Waals surface area contributed by atoms with E-state index in [1.54, 1.807) is 26.0 Å². The number of hydrogen-bond donors (Lipinski definition) is 1. The van der Waals surface area contributed by atoms with Gasteiger partial charge in [-0.25, -0.2) is 4.79 Å². The van der Waals surface area contributed by atoms with Gasteiger partial charge in [0.05, 0.1) is 23.4 Å². The van der Waals surface area contributed by atoms with Gasteiger partial charge in [0, 0.05) is 5.69 Å². The topological polar surface area (TPSA) is 78.7 Å². The Kier molecular flexibility index (Phi) is 5.12. The minimum absolute atomic E-state index is 0.0289. The Bertz CT molecular complexity index is 1100. The number of aryl methyl sites for hydroxylation is 2. The first-order valence-corrected chi connectivity index (χ1v) is 8.45. The van der Waals surface area contributed by atoms with Gasteiger partial charge >= 0.3 is 18.0 Å². The van der Waals surface area contributed by atoms with Crippen LogP contribution in [0.5, 0.6) is 0 Å². The molecule has 0 amide bonds. The van der Waals surface area contributed by atoms with E-state index in [1.807, 2.05) is 0 Å². The average molecular weight is 431 g/mol. The van der Waals surface area contributed by atoms with Crippen LogP contribution in [0.15, 0.2) is 35.1 Å². The maximum atomic E-state index is 13.0. The number of hydrogen-bond acceptors (Lipinski definition) is 4. The zero-order valence-corrected chi connectivity index (χ0v) is 15.6. The van der Waals surface area contributed by atoms with Gasteiger partial charge in [-0.05, 0) is 59.2 Å². The van der Waals surface area contributed by atoms with Crippen molar-refractivity contribution < 1.29 is 26.3 Å². The molecule has 0 spiro atoms. The Hall–Kier alpha value is -3.31. The summed E-state index contributed by atoms with van der Waals surface area (Å²) in [5.41, 5.74) is 3.75. The van der Waals surface area contributed by atoms with Gasteiger partial charge in [0.25, 0.3) is 0 Å². The van der Waals surface area contributed by atoms with E-state index in [2.05, 4.69) is 10.4 Å². The van der Waals surface area contributed by atoms with Crippen LogP contribution >= 0.6 is 0 Å². The highest BCUT2D eigenvalue weighted by atomic mass is 19.4. The van der Waals surface area contributed by atoms with E-state index in [0.29, 0.717) is 28.1 Å². The molecule has 2 aromatic carbocycles. The molecule has 0 unspecified atom stereocenters. The average Bonchev–Trinajstić information content (AvgIpc) is 2.98. The van der Waals surface area contributed by atoms with Crippen molar-refractivity contribution in [1.82, 2.24) is 19.8 Å². The molecule has 0 aliphatic heterocycles. The summed E-state index contributed by atoms with van der Waals surface area (Å²) in [4.78, 5) is 12.5. The highest BCUT2D eigenvalue weighted by Gasteiger charge is 2.37. The lowest BCUT2D eigenvalue weighted by Gasteiger charge is -2.13. The number of nitrogen functional groups attached to an aromatic ring is 1. The number of benzene rings is 2. The predicted molar refractivity (Wildman–Crippen MR) is 95.1 cm³/mol. The molecule has 2 N–H and O–H groups in total. The van der Waals surface area contributed by atoms with Crippen LogP contribution in [0.2, 0.25) is 0 Å². The molecule has 0 atom stereocenters. The summed E-state index contributed by atoms with van der Waals surface area (Å²) in [5, 5.41) is 7.02. The van der Waals surface area contributed by atoms with Gasteiger partial charge in [-0.15, -0.1) is 0 Å². The number of alkyl halides is 6. The molecule has 0 saturated carbocycles. The lowest BCUT2D eigenvalue weighted by Crippen LogP contribution is -2.25. The van der Waals surface area contributed by atoms with Gasteiger partial charge in [-0.1, -0.05) is 12.1 Å². The molecule has 1 heterocycles. The summed E-state index contributed by atoms with van der Waals surface area (Å²) in [6, 6.07) is 4.18. The van der Waals surface area contributed by atoms with Crippen LogP contribution in [0, 0.1) is 13.8 Å². The van der Waals surface area contributed by atoms with E-state index in [4.69, 9.17) is 5.73 Å². The van der Waals surface area contributed by atoms with E-state index in [9.17, 15) is 31.1 Å². The molecule has 0 aliphatic rings. The van der Waals surface area contributed by atoms with Crippen molar-refractivity contribution >= 4 is 5.69 Å². The van der Waals surface area contributed by atoms with Crippen LogP contribution in [0.1, 0.15) is 27.8 Å². The fourth-order valence-electron chi connectivity index (χ4n) is 2.92. The molecule has 3 rings (SSSR count). The summed E-state index contributed by atoms with van der Waals surface area (Å²) in [6.07, 6.45) is -10.1. The van der Waals surface area contributed by atoms with Gasteiger partial charge in [0.2, 0.25) is 0 Å². The van der Waals surface area contributed by atoms with Crippen molar-refractivity contribution in [2.24, 2.45) is 0 Å². The van der Waals surface area contributed by atoms with Crippen LogP contribution in [-0.2, 0) is 18.9 Å². The number of tetrazole rings is 1. The van der Waals surface area contributed by atoms with Crippen LogP contribution in [0.3, 0.4) is 0 Å². The number of rotatable bonds is 3. The molecule has 0 fully saturated rings. The first-order valence-electron chi connectivity index (χ1n) is 8.45. The maximum absolute atomic E-state index is 13.0. The molecule has 0 saturated heterocycles. The number of nitrogens with two attached hydrogens (primary N) is 1. The minimum atomic E-state index is -5.05. The van der Waals surface area contributed by atoms with E-state index in [-0.39, 0.29) is 12.6 Å². The predicted octanol–water partition coefficient (Wildman–Crippen LogP) is 3.71. The number of halogens is 6. The lowest BCUT2D eigenvalue weighted by atomic mass is 10.0. The molecule has 6 nitrogen and oxygen atoms in total. The van der Waals surface area contributed by atoms with Crippen molar-refractivity contribution in [3.63, 3.8) is 0 Å². The Morgan fingerprint density at radius 3 is 1.83 bits per heavy atom. The van der Waals surface area contributed by atoms with Crippen molar-refractivity contribution in [2.45, 2.75) is 32.7 Å². The van der Waals surface area contributed by atoms with Crippen molar-refractivity contribution in [1.29, 1.82) is 0 Å². The summed E-state index contributed by atoms with van der Waals surface area (Å²) >= 11 is 0. The van der Waals surface area contributed by atoms with E-state index < -0.39 is 34.9 Å². The second-order valence-corrected chi connectivity index (χ2v) is 6.74.